The second kappa shape index (κ2) is 4.55. The molecule has 3 nitrogen and oxygen atoms in total. The minimum atomic E-state index is -3.05. The zero-order valence-electron chi connectivity index (χ0n) is 9.82. The number of sulfonamides is 1. The van der Waals surface area contributed by atoms with Gasteiger partial charge in [0.2, 0.25) is 10.0 Å². The first-order valence-corrected chi connectivity index (χ1v) is 8.50. The first-order valence-electron chi connectivity index (χ1n) is 5.16. The van der Waals surface area contributed by atoms with Gasteiger partial charge in [0, 0.05) is 24.6 Å². The van der Waals surface area contributed by atoms with Crippen LogP contribution in [0, 0.1) is 5.41 Å². The summed E-state index contributed by atoms with van der Waals surface area (Å²) in [5.74, 6) is 6.08. The summed E-state index contributed by atoms with van der Waals surface area (Å²) in [5, 5.41) is 0. The van der Waals surface area contributed by atoms with Crippen LogP contribution in [0.15, 0.2) is 0 Å². The van der Waals surface area contributed by atoms with E-state index in [1.165, 1.54) is 0 Å². The molecule has 0 aromatic carbocycles. The van der Waals surface area contributed by atoms with E-state index in [2.05, 4.69) is 5.87 Å². The second-order valence-corrected chi connectivity index (χ2v) is 9.25. The fourth-order valence-electron chi connectivity index (χ4n) is 1.59. The summed E-state index contributed by atoms with van der Waals surface area (Å²) >= 11 is 0. The molecule has 15 heavy (non-hydrogen) atoms. The van der Waals surface area contributed by atoms with Gasteiger partial charge in [-0.2, -0.15) is 10.5 Å². The first-order chi connectivity index (χ1) is 6.71. The van der Waals surface area contributed by atoms with E-state index < -0.39 is 10.0 Å². The number of hydrogen-bond acceptors (Lipinski definition) is 2. The molecule has 1 heterocycles. The normalized spacial score (nSPS) is 21.8. The average Bonchev–Trinajstić information content (AvgIpc) is 2.00. The Bertz CT molecular complexity index is 331. The molecular weight excluding hydrogens is 230 g/mol. The van der Waals surface area contributed by atoms with Crippen molar-refractivity contribution in [3.8, 4) is 0 Å². The summed E-state index contributed by atoms with van der Waals surface area (Å²) in [5.41, 5.74) is -0.164. The maximum absolute atomic E-state index is 12.0. The summed E-state index contributed by atoms with van der Waals surface area (Å²) in [4.78, 5) is 0. The van der Waals surface area contributed by atoms with Gasteiger partial charge >= 0.3 is 0 Å². The van der Waals surface area contributed by atoms with Crippen LogP contribution in [-0.2, 0) is 10.0 Å². The molecule has 0 bridgehead atoms. The SMILES string of the molecule is C=S1CCN(S(=O)(=O)CC(C)(C)C)CC1. The third-order valence-electron chi connectivity index (χ3n) is 2.27. The van der Waals surface area contributed by atoms with Gasteiger partial charge in [-0.1, -0.05) is 26.6 Å². The lowest BCUT2D eigenvalue weighted by Gasteiger charge is -2.30. The molecule has 0 atom stereocenters. The lowest BCUT2D eigenvalue weighted by Crippen LogP contribution is -2.42. The zero-order valence-corrected chi connectivity index (χ0v) is 11.5. The Labute approximate surface area is 95.8 Å². The molecule has 5 heteroatoms. The van der Waals surface area contributed by atoms with Gasteiger partial charge in [-0.25, -0.2) is 12.7 Å². The van der Waals surface area contributed by atoms with Crippen LogP contribution in [-0.4, -0.2) is 48.9 Å². The van der Waals surface area contributed by atoms with Crippen LogP contribution in [0.25, 0.3) is 0 Å². The van der Waals surface area contributed by atoms with Crippen LogP contribution in [0.5, 0.6) is 0 Å². The van der Waals surface area contributed by atoms with Crippen molar-refractivity contribution in [2.75, 3.05) is 30.3 Å². The zero-order chi connectivity index (χ0) is 11.7. The van der Waals surface area contributed by atoms with Gasteiger partial charge in [0.15, 0.2) is 0 Å². The number of hydrogen-bond donors (Lipinski definition) is 0. The average molecular weight is 251 g/mol. The van der Waals surface area contributed by atoms with E-state index in [0.29, 0.717) is 13.1 Å². The molecular formula is C10H21NO2S2. The topological polar surface area (TPSA) is 37.4 Å². The predicted molar refractivity (Wildman–Crippen MR) is 69.3 cm³/mol. The Balaban J connectivity index is 2.67. The van der Waals surface area contributed by atoms with Crippen LogP contribution < -0.4 is 0 Å². The lowest BCUT2D eigenvalue weighted by molar-refractivity contribution is 0.408. The van der Waals surface area contributed by atoms with Crippen molar-refractivity contribution < 1.29 is 8.42 Å². The smallest absolute Gasteiger partial charge is 0.212 e. The van der Waals surface area contributed by atoms with Gasteiger partial charge < -0.3 is 0 Å². The van der Waals surface area contributed by atoms with E-state index in [0.717, 1.165) is 11.5 Å². The van der Waals surface area contributed by atoms with E-state index in [1.807, 2.05) is 20.8 Å². The van der Waals surface area contributed by atoms with E-state index >= 15 is 0 Å². The highest BCUT2D eigenvalue weighted by Crippen LogP contribution is 2.23. The van der Waals surface area contributed by atoms with E-state index in [9.17, 15) is 8.42 Å². The van der Waals surface area contributed by atoms with Gasteiger partial charge in [0.25, 0.3) is 0 Å². The maximum atomic E-state index is 12.0. The van der Waals surface area contributed by atoms with Gasteiger partial charge in [-0.15, -0.1) is 0 Å². The molecule has 0 aromatic rings. The van der Waals surface area contributed by atoms with Crippen LogP contribution in [0.4, 0.5) is 0 Å². The molecule has 1 aliphatic rings. The van der Waals surface area contributed by atoms with Gasteiger partial charge in [0.05, 0.1) is 5.75 Å². The summed E-state index contributed by atoms with van der Waals surface area (Å²) < 4.78 is 25.7. The highest BCUT2D eigenvalue weighted by Gasteiger charge is 2.29. The summed E-state index contributed by atoms with van der Waals surface area (Å²) in [6.45, 7) is 7.19. The monoisotopic (exact) mass is 251 g/mol. The third kappa shape index (κ3) is 4.25. The Hall–Kier alpha value is 0.130. The number of nitrogens with zero attached hydrogens (tertiary/aromatic N) is 1. The molecule has 1 rings (SSSR count). The van der Waals surface area contributed by atoms with Crippen molar-refractivity contribution in [3.63, 3.8) is 0 Å². The fourth-order valence-corrected chi connectivity index (χ4v) is 5.00. The van der Waals surface area contributed by atoms with Crippen molar-refractivity contribution in [1.82, 2.24) is 4.31 Å². The van der Waals surface area contributed by atoms with Crippen LogP contribution in [0.1, 0.15) is 20.8 Å². The minimum absolute atomic E-state index is 0.164. The number of rotatable bonds is 2. The Morgan fingerprint density at radius 3 is 2.13 bits per heavy atom. The molecule has 1 aliphatic heterocycles. The van der Waals surface area contributed by atoms with E-state index in [1.54, 1.807) is 4.31 Å². The van der Waals surface area contributed by atoms with Gasteiger partial charge in [-0.05, 0) is 5.41 Å². The first kappa shape index (κ1) is 13.2. The fraction of sp³-hybridized carbons (Fsp3) is 0.900. The third-order valence-corrected chi connectivity index (χ3v) is 6.17. The van der Waals surface area contributed by atoms with Crippen molar-refractivity contribution in [3.05, 3.63) is 0 Å². The standard InChI is InChI=1S/C10H21NO2S2/c1-10(2,3)9-15(12,13)11-5-7-14(4)8-6-11/h4-9H2,1-3H3. The molecule has 1 saturated heterocycles. The molecule has 0 aromatic heterocycles. The molecule has 0 N–H and O–H groups in total. The molecule has 0 spiro atoms. The van der Waals surface area contributed by atoms with Gasteiger partial charge in [0.1, 0.15) is 0 Å². The van der Waals surface area contributed by atoms with E-state index in [4.69, 9.17) is 0 Å². The molecule has 0 unspecified atom stereocenters. The lowest BCUT2D eigenvalue weighted by atomic mass is 10.0. The Morgan fingerprint density at radius 1 is 1.27 bits per heavy atom. The maximum Gasteiger partial charge on any atom is 0.214 e. The second-order valence-electron chi connectivity index (χ2n) is 5.24. The molecule has 0 aliphatic carbocycles. The van der Waals surface area contributed by atoms with Gasteiger partial charge in [-0.3, -0.25) is 0 Å². The van der Waals surface area contributed by atoms with Crippen LogP contribution in [0.3, 0.4) is 0 Å². The molecule has 90 valence electrons. The van der Waals surface area contributed by atoms with Crippen molar-refractivity contribution in [1.29, 1.82) is 0 Å². The summed E-state index contributed by atoms with van der Waals surface area (Å²) in [7, 11) is -2.88. The largest absolute Gasteiger partial charge is 0.214 e. The molecule has 1 fully saturated rings. The minimum Gasteiger partial charge on any atom is -0.212 e. The van der Waals surface area contributed by atoms with Crippen molar-refractivity contribution in [2.45, 2.75) is 20.8 Å². The van der Waals surface area contributed by atoms with Crippen LogP contribution in [0.2, 0.25) is 0 Å². The molecule has 0 saturated carbocycles. The van der Waals surface area contributed by atoms with Crippen LogP contribution >= 0.6 is 10.5 Å². The highest BCUT2D eigenvalue weighted by atomic mass is 32.2. The van der Waals surface area contributed by atoms with Crippen molar-refractivity contribution in [2.24, 2.45) is 5.41 Å². The molecule has 0 radical (unpaired) electrons. The van der Waals surface area contributed by atoms with E-state index in [-0.39, 0.29) is 21.7 Å². The van der Waals surface area contributed by atoms with Crippen molar-refractivity contribution >= 4 is 26.4 Å². The summed E-state index contributed by atoms with van der Waals surface area (Å²) in [6.07, 6.45) is 0. The predicted octanol–water partition coefficient (Wildman–Crippen LogP) is 1.38. The molecule has 0 amide bonds. The Morgan fingerprint density at radius 2 is 1.73 bits per heavy atom. The Kier molecular flexibility index (Phi) is 4.01. The summed E-state index contributed by atoms with van der Waals surface area (Å²) in [6, 6.07) is 0. The highest BCUT2D eigenvalue weighted by molar-refractivity contribution is 8.14. The quantitative estimate of drug-likeness (QED) is 0.695.